The van der Waals surface area contributed by atoms with E-state index in [1.165, 1.54) is 0 Å². The predicted octanol–water partition coefficient (Wildman–Crippen LogP) is 2.45. The summed E-state index contributed by atoms with van der Waals surface area (Å²) in [5.41, 5.74) is 0.131. The number of nitrogens with zero attached hydrogens (tertiary/aromatic N) is 2. The molecule has 0 aromatic carbocycles. The highest BCUT2D eigenvalue weighted by atomic mass is 35.5. The minimum absolute atomic E-state index is 0.0499. The molecule has 1 aromatic heterocycles. The van der Waals surface area contributed by atoms with Crippen molar-refractivity contribution in [3.8, 4) is 0 Å². The molecule has 2 heterocycles. The number of amides is 1. The van der Waals surface area contributed by atoms with Crippen LogP contribution in [-0.2, 0) is 0 Å². The number of hydrogen-bond acceptors (Lipinski definition) is 3. The van der Waals surface area contributed by atoms with Gasteiger partial charge in [0.05, 0.1) is 11.8 Å². The molecule has 3 nitrogen and oxygen atoms in total. The Morgan fingerprint density at radius 1 is 1.71 bits per heavy atom. The van der Waals surface area contributed by atoms with Gasteiger partial charge in [0.25, 0.3) is 5.91 Å². The van der Waals surface area contributed by atoms with Crippen LogP contribution in [0.4, 0.5) is 4.39 Å². The summed E-state index contributed by atoms with van der Waals surface area (Å²) in [6.07, 6.45) is 1.97. The van der Waals surface area contributed by atoms with Gasteiger partial charge in [-0.15, -0.1) is 0 Å². The van der Waals surface area contributed by atoms with E-state index in [0.29, 0.717) is 0 Å². The molecular weight excluding hydrogens is 263 g/mol. The van der Waals surface area contributed by atoms with E-state index < -0.39 is 5.82 Å². The van der Waals surface area contributed by atoms with Crippen molar-refractivity contribution in [2.45, 2.75) is 12.5 Å². The second-order valence-electron chi connectivity index (χ2n) is 3.93. The molecule has 1 unspecified atom stereocenters. The van der Waals surface area contributed by atoms with Crippen LogP contribution in [0.5, 0.6) is 0 Å². The molecule has 1 amide bonds. The quantitative estimate of drug-likeness (QED) is 0.777. The first-order chi connectivity index (χ1) is 8.09. The number of hydrogen-bond donors (Lipinski definition) is 0. The van der Waals surface area contributed by atoms with Gasteiger partial charge in [-0.1, -0.05) is 11.6 Å². The van der Waals surface area contributed by atoms with E-state index in [4.69, 9.17) is 11.6 Å². The summed E-state index contributed by atoms with van der Waals surface area (Å²) in [4.78, 5) is 17.4. The number of carbonyl (C=O) groups is 1. The molecule has 1 aliphatic heterocycles. The summed E-state index contributed by atoms with van der Waals surface area (Å²) < 4.78 is 13.1. The van der Waals surface area contributed by atoms with Crippen molar-refractivity contribution in [1.29, 1.82) is 0 Å². The molecule has 1 fully saturated rings. The zero-order valence-corrected chi connectivity index (χ0v) is 10.9. The lowest BCUT2D eigenvalue weighted by atomic mass is 10.2. The third-order valence-electron chi connectivity index (χ3n) is 2.81. The van der Waals surface area contributed by atoms with Gasteiger partial charge in [0.2, 0.25) is 0 Å². The van der Waals surface area contributed by atoms with Crippen LogP contribution in [-0.4, -0.2) is 40.4 Å². The van der Waals surface area contributed by atoms with E-state index in [0.717, 1.165) is 30.2 Å². The van der Waals surface area contributed by atoms with Crippen molar-refractivity contribution < 1.29 is 9.18 Å². The summed E-state index contributed by atoms with van der Waals surface area (Å²) in [5, 5.41) is 0.0499. The number of carbonyl (C=O) groups excluding carboxylic acids is 1. The highest BCUT2D eigenvalue weighted by molar-refractivity contribution is 7.99. The van der Waals surface area contributed by atoms with Gasteiger partial charge in [-0.05, 0) is 18.2 Å². The molecule has 2 rings (SSSR count). The molecule has 0 radical (unpaired) electrons. The minimum Gasteiger partial charge on any atom is -0.338 e. The van der Waals surface area contributed by atoms with E-state index in [1.807, 2.05) is 11.8 Å². The first-order valence-electron chi connectivity index (χ1n) is 5.25. The van der Waals surface area contributed by atoms with E-state index in [-0.39, 0.29) is 22.7 Å². The summed E-state index contributed by atoms with van der Waals surface area (Å²) in [7, 11) is 1.72. The zero-order chi connectivity index (χ0) is 12.4. The molecule has 0 spiro atoms. The van der Waals surface area contributed by atoms with E-state index in [2.05, 4.69) is 4.98 Å². The van der Waals surface area contributed by atoms with Crippen molar-refractivity contribution in [2.75, 3.05) is 18.6 Å². The number of rotatable bonds is 2. The Balaban J connectivity index is 2.20. The zero-order valence-electron chi connectivity index (χ0n) is 9.32. The summed E-state index contributed by atoms with van der Waals surface area (Å²) >= 11 is 7.63. The van der Waals surface area contributed by atoms with Crippen LogP contribution in [0, 0.1) is 5.82 Å². The largest absolute Gasteiger partial charge is 0.338 e. The van der Waals surface area contributed by atoms with Crippen LogP contribution >= 0.6 is 23.4 Å². The average molecular weight is 275 g/mol. The van der Waals surface area contributed by atoms with Crippen molar-refractivity contribution in [3.63, 3.8) is 0 Å². The number of pyridine rings is 1. The molecule has 6 heteroatoms. The van der Waals surface area contributed by atoms with Crippen LogP contribution in [0.1, 0.15) is 16.8 Å². The van der Waals surface area contributed by atoms with E-state index >= 15 is 0 Å². The molecule has 92 valence electrons. The second-order valence-corrected chi connectivity index (χ2v) is 5.43. The molecule has 0 saturated carbocycles. The first kappa shape index (κ1) is 12.6. The number of halogens is 2. The fraction of sp³-hybridized carbons (Fsp3) is 0.455. The van der Waals surface area contributed by atoms with Gasteiger partial charge in [0.1, 0.15) is 11.0 Å². The summed E-state index contributed by atoms with van der Waals surface area (Å²) in [6, 6.07) is 1.34. The molecule has 0 N–H and O–H groups in total. The highest BCUT2D eigenvalue weighted by Crippen LogP contribution is 2.24. The lowest BCUT2D eigenvalue weighted by molar-refractivity contribution is 0.0747. The van der Waals surface area contributed by atoms with Gasteiger partial charge in [-0.2, -0.15) is 11.8 Å². The minimum atomic E-state index is -0.549. The fourth-order valence-electron chi connectivity index (χ4n) is 1.76. The molecule has 17 heavy (non-hydrogen) atoms. The summed E-state index contributed by atoms with van der Waals surface area (Å²) in [5.74, 6) is 1.15. The van der Waals surface area contributed by atoms with Crippen molar-refractivity contribution in [1.82, 2.24) is 9.88 Å². The molecular formula is C11H12ClFN2OS. The van der Waals surface area contributed by atoms with Crippen LogP contribution in [0.2, 0.25) is 5.15 Å². The van der Waals surface area contributed by atoms with Crippen molar-refractivity contribution in [3.05, 3.63) is 28.8 Å². The van der Waals surface area contributed by atoms with Crippen LogP contribution < -0.4 is 0 Å². The first-order valence-corrected chi connectivity index (χ1v) is 6.79. The third-order valence-corrected chi connectivity index (χ3v) is 4.26. The maximum Gasteiger partial charge on any atom is 0.257 e. The Morgan fingerprint density at radius 2 is 2.47 bits per heavy atom. The smallest absolute Gasteiger partial charge is 0.257 e. The van der Waals surface area contributed by atoms with Crippen molar-refractivity contribution >= 4 is 29.3 Å². The topological polar surface area (TPSA) is 33.2 Å². The molecule has 0 bridgehead atoms. The Morgan fingerprint density at radius 3 is 3.12 bits per heavy atom. The van der Waals surface area contributed by atoms with Gasteiger partial charge in [0, 0.05) is 18.8 Å². The Bertz CT molecular complexity index is 437. The number of aromatic nitrogens is 1. The van der Waals surface area contributed by atoms with Gasteiger partial charge in [-0.3, -0.25) is 4.79 Å². The van der Waals surface area contributed by atoms with E-state index in [1.54, 1.807) is 11.9 Å². The maximum atomic E-state index is 13.1. The highest BCUT2D eigenvalue weighted by Gasteiger charge is 2.26. The Kier molecular flexibility index (Phi) is 3.89. The number of thioether (sulfide) groups is 1. The predicted molar refractivity (Wildman–Crippen MR) is 67.0 cm³/mol. The molecule has 0 aliphatic carbocycles. The van der Waals surface area contributed by atoms with E-state index in [9.17, 15) is 9.18 Å². The van der Waals surface area contributed by atoms with Crippen molar-refractivity contribution in [2.24, 2.45) is 0 Å². The fourth-order valence-corrected chi connectivity index (χ4v) is 3.21. The Hall–Kier alpha value is -0.810. The second kappa shape index (κ2) is 5.23. The SMILES string of the molecule is CN(C(=O)c1cc(F)cnc1Cl)C1CCSC1. The molecule has 1 atom stereocenters. The molecule has 1 aromatic rings. The lowest BCUT2D eigenvalue weighted by Crippen LogP contribution is -2.37. The lowest BCUT2D eigenvalue weighted by Gasteiger charge is -2.24. The molecule has 1 aliphatic rings. The van der Waals surface area contributed by atoms with Crippen LogP contribution in [0.25, 0.3) is 0 Å². The Labute approximate surface area is 108 Å². The van der Waals surface area contributed by atoms with Gasteiger partial charge < -0.3 is 4.90 Å². The average Bonchev–Trinajstić information content (AvgIpc) is 2.84. The van der Waals surface area contributed by atoms with Crippen LogP contribution in [0.3, 0.4) is 0 Å². The monoisotopic (exact) mass is 274 g/mol. The van der Waals surface area contributed by atoms with Gasteiger partial charge in [-0.25, -0.2) is 9.37 Å². The van der Waals surface area contributed by atoms with Gasteiger partial charge >= 0.3 is 0 Å². The van der Waals surface area contributed by atoms with Crippen LogP contribution in [0.15, 0.2) is 12.3 Å². The normalized spacial score (nSPS) is 19.4. The molecule has 1 saturated heterocycles. The van der Waals surface area contributed by atoms with Gasteiger partial charge in [0.15, 0.2) is 0 Å². The standard InChI is InChI=1S/C11H12ClFN2OS/c1-15(8-2-3-17-6-8)11(16)9-4-7(13)5-14-10(9)12/h4-5,8H,2-3,6H2,1H3. The maximum absolute atomic E-state index is 13.1. The summed E-state index contributed by atoms with van der Waals surface area (Å²) in [6.45, 7) is 0. The third kappa shape index (κ3) is 2.72.